The van der Waals surface area contributed by atoms with E-state index in [0.29, 0.717) is 0 Å². The summed E-state index contributed by atoms with van der Waals surface area (Å²) in [5.41, 5.74) is 3.77. The number of nitrogens with one attached hydrogen (secondary N) is 1. The molecule has 1 unspecified atom stereocenters. The number of nitrogens with zero attached hydrogens (tertiary/aromatic N) is 1. The Labute approximate surface area is 94.5 Å². The Hall–Kier alpha value is -1.61. The molecule has 0 radical (unpaired) electrons. The summed E-state index contributed by atoms with van der Waals surface area (Å²) in [7, 11) is 0. The van der Waals surface area contributed by atoms with Crippen LogP contribution in [0.15, 0.2) is 35.2 Å². The first-order valence-electron chi connectivity index (χ1n) is 5.56. The van der Waals surface area contributed by atoms with E-state index >= 15 is 0 Å². The van der Waals surface area contributed by atoms with Crippen LogP contribution in [-0.2, 0) is 6.42 Å². The lowest BCUT2D eigenvalue weighted by Crippen LogP contribution is -2.30. The summed E-state index contributed by atoms with van der Waals surface area (Å²) in [5, 5.41) is 3.48. The SMILES string of the molecule is Cc1ccncc1C1NCCc2ccoc21. The summed E-state index contributed by atoms with van der Waals surface area (Å²) in [6.07, 6.45) is 6.56. The first-order chi connectivity index (χ1) is 7.86. The molecule has 0 spiro atoms. The molecule has 0 aromatic carbocycles. The summed E-state index contributed by atoms with van der Waals surface area (Å²) in [6, 6.07) is 4.26. The van der Waals surface area contributed by atoms with Gasteiger partial charge in [0.1, 0.15) is 5.76 Å². The highest BCUT2D eigenvalue weighted by Gasteiger charge is 2.25. The number of aromatic nitrogens is 1. The normalized spacial score (nSPS) is 19.4. The molecule has 0 bridgehead atoms. The molecular formula is C13H14N2O. The smallest absolute Gasteiger partial charge is 0.128 e. The van der Waals surface area contributed by atoms with E-state index < -0.39 is 0 Å². The number of hydrogen-bond acceptors (Lipinski definition) is 3. The number of hydrogen-bond donors (Lipinski definition) is 1. The Balaban J connectivity index is 2.08. The lowest BCUT2D eigenvalue weighted by atomic mass is 9.95. The molecular weight excluding hydrogens is 200 g/mol. The van der Waals surface area contributed by atoms with Crippen molar-refractivity contribution in [2.24, 2.45) is 0 Å². The van der Waals surface area contributed by atoms with Gasteiger partial charge in [-0.2, -0.15) is 0 Å². The predicted octanol–water partition coefficient (Wildman–Crippen LogP) is 2.22. The molecule has 3 heteroatoms. The lowest BCUT2D eigenvalue weighted by molar-refractivity contribution is 0.424. The number of pyridine rings is 1. The Kier molecular flexibility index (Phi) is 2.26. The molecule has 1 aliphatic rings. The molecule has 0 saturated carbocycles. The van der Waals surface area contributed by atoms with Gasteiger partial charge in [0, 0.05) is 18.9 Å². The fourth-order valence-corrected chi connectivity index (χ4v) is 2.28. The minimum absolute atomic E-state index is 0.160. The molecule has 0 aliphatic carbocycles. The Bertz CT molecular complexity index is 504. The average Bonchev–Trinajstić information content (AvgIpc) is 2.77. The van der Waals surface area contributed by atoms with Crippen molar-refractivity contribution in [2.45, 2.75) is 19.4 Å². The van der Waals surface area contributed by atoms with Crippen LogP contribution in [-0.4, -0.2) is 11.5 Å². The van der Waals surface area contributed by atoms with Crippen LogP contribution in [0, 0.1) is 6.92 Å². The van der Waals surface area contributed by atoms with Gasteiger partial charge in [0.25, 0.3) is 0 Å². The second-order valence-corrected chi connectivity index (χ2v) is 4.18. The molecule has 2 aromatic heterocycles. The second kappa shape index (κ2) is 3.76. The summed E-state index contributed by atoms with van der Waals surface area (Å²) in [4.78, 5) is 4.20. The zero-order chi connectivity index (χ0) is 11.0. The molecule has 0 fully saturated rings. The van der Waals surface area contributed by atoms with Crippen LogP contribution in [0.2, 0.25) is 0 Å². The highest BCUT2D eigenvalue weighted by Crippen LogP contribution is 2.30. The Morgan fingerprint density at radius 1 is 1.44 bits per heavy atom. The van der Waals surface area contributed by atoms with Crippen LogP contribution < -0.4 is 5.32 Å². The van der Waals surface area contributed by atoms with Gasteiger partial charge in [-0.3, -0.25) is 4.98 Å². The summed E-state index contributed by atoms with van der Waals surface area (Å²) < 4.78 is 5.59. The molecule has 1 aliphatic heterocycles. The maximum atomic E-state index is 5.59. The van der Waals surface area contributed by atoms with E-state index in [1.54, 1.807) is 6.26 Å². The van der Waals surface area contributed by atoms with Gasteiger partial charge in [0.05, 0.1) is 12.3 Å². The quantitative estimate of drug-likeness (QED) is 0.791. The van der Waals surface area contributed by atoms with Crippen molar-refractivity contribution in [2.75, 3.05) is 6.54 Å². The third kappa shape index (κ3) is 1.44. The monoisotopic (exact) mass is 214 g/mol. The molecule has 3 nitrogen and oxygen atoms in total. The van der Waals surface area contributed by atoms with Gasteiger partial charge in [0.15, 0.2) is 0 Å². The molecule has 16 heavy (non-hydrogen) atoms. The lowest BCUT2D eigenvalue weighted by Gasteiger charge is -2.24. The van der Waals surface area contributed by atoms with E-state index in [4.69, 9.17) is 4.42 Å². The van der Waals surface area contributed by atoms with Crippen LogP contribution in [0.3, 0.4) is 0 Å². The molecule has 0 saturated heterocycles. The minimum Gasteiger partial charge on any atom is -0.467 e. The van der Waals surface area contributed by atoms with Gasteiger partial charge in [0.2, 0.25) is 0 Å². The fourth-order valence-electron chi connectivity index (χ4n) is 2.28. The van der Waals surface area contributed by atoms with E-state index in [1.165, 1.54) is 16.7 Å². The molecule has 3 heterocycles. The van der Waals surface area contributed by atoms with Gasteiger partial charge in [-0.1, -0.05) is 0 Å². The number of fused-ring (bicyclic) bond motifs is 1. The highest BCUT2D eigenvalue weighted by molar-refractivity contribution is 5.36. The van der Waals surface area contributed by atoms with E-state index in [0.717, 1.165) is 18.7 Å². The Morgan fingerprint density at radius 2 is 2.38 bits per heavy atom. The fraction of sp³-hybridized carbons (Fsp3) is 0.308. The third-order valence-corrected chi connectivity index (χ3v) is 3.18. The van der Waals surface area contributed by atoms with Gasteiger partial charge < -0.3 is 9.73 Å². The molecule has 1 atom stereocenters. The van der Waals surface area contributed by atoms with Crippen molar-refractivity contribution in [1.29, 1.82) is 0 Å². The average molecular weight is 214 g/mol. The number of aryl methyl sites for hydroxylation is 1. The van der Waals surface area contributed by atoms with E-state index in [2.05, 4.69) is 23.3 Å². The van der Waals surface area contributed by atoms with Crippen molar-refractivity contribution in [3.63, 3.8) is 0 Å². The van der Waals surface area contributed by atoms with Crippen LogP contribution in [0.1, 0.15) is 28.5 Å². The maximum Gasteiger partial charge on any atom is 0.128 e. The zero-order valence-electron chi connectivity index (χ0n) is 9.23. The van der Waals surface area contributed by atoms with Crippen LogP contribution >= 0.6 is 0 Å². The second-order valence-electron chi connectivity index (χ2n) is 4.18. The summed E-state index contributed by atoms with van der Waals surface area (Å²) >= 11 is 0. The molecule has 2 aromatic rings. The van der Waals surface area contributed by atoms with Crippen molar-refractivity contribution >= 4 is 0 Å². The topological polar surface area (TPSA) is 38.1 Å². The van der Waals surface area contributed by atoms with Gasteiger partial charge >= 0.3 is 0 Å². The summed E-state index contributed by atoms with van der Waals surface area (Å²) in [6.45, 7) is 3.10. The van der Waals surface area contributed by atoms with Crippen molar-refractivity contribution < 1.29 is 4.42 Å². The molecule has 0 amide bonds. The number of rotatable bonds is 1. The van der Waals surface area contributed by atoms with Crippen molar-refractivity contribution in [3.05, 3.63) is 53.2 Å². The van der Waals surface area contributed by atoms with E-state index in [9.17, 15) is 0 Å². The summed E-state index contributed by atoms with van der Waals surface area (Å²) in [5.74, 6) is 1.04. The zero-order valence-corrected chi connectivity index (χ0v) is 9.23. The van der Waals surface area contributed by atoms with Gasteiger partial charge in [-0.15, -0.1) is 0 Å². The van der Waals surface area contributed by atoms with Crippen molar-refractivity contribution in [1.82, 2.24) is 10.3 Å². The van der Waals surface area contributed by atoms with Gasteiger partial charge in [-0.25, -0.2) is 0 Å². The molecule has 1 N–H and O–H groups in total. The van der Waals surface area contributed by atoms with E-state index in [1.807, 2.05) is 18.5 Å². The first kappa shape index (κ1) is 9.60. The molecule has 3 rings (SSSR count). The minimum atomic E-state index is 0.160. The predicted molar refractivity (Wildman–Crippen MR) is 61.2 cm³/mol. The maximum absolute atomic E-state index is 5.59. The van der Waals surface area contributed by atoms with Crippen LogP contribution in [0.25, 0.3) is 0 Å². The number of furan rings is 1. The van der Waals surface area contributed by atoms with Crippen LogP contribution in [0.4, 0.5) is 0 Å². The third-order valence-electron chi connectivity index (χ3n) is 3.18. The molecule has 82 valence electrons. The Morgan fingerprint density at radius 3 is 3.25 bits per heavy atom. The highest BCUT2D eigenvalue weighted by atomic mass is 16.3. The first-order valence-corrected chi connectivity index (χ1v) is 5.56. The largest absolute Gasteiger partial charge is 0.467 e. The van der Waals surface area contributed by atoms with E-state index in [-0.39, 0.29) is 6.04 Å². The standard InChI is InChI=1S/C13H14N2O/c1-9-2-5-14-8-11(9)12-13-10(3-6-15-12)4-7-16-13/h2,4-5,7-8,12,15H,3,6H2,1H3. The van der Waals surface area contributed by atoms with Gasteiger partial charge in [-0.05, 0) is 42.2 Å². The van der Waals surface area contributed by atoms with Crippen molar-refractivity contribution in [3.8, 4) is 0 Å². The van der Waals surface area contributed by atoms with Crippen LogP contribution in [0.5, 0.6) is 0 Å².